The summed E-state index contributed by atoms with van der Waals surface area (Å²) in [7, 11) is 0. The summed E-state index contributed by atoms with van der Waals surface area (Å²) in [6.07, 6.45) is 15.6. The third-order valence-corrected chi connectivity index (χ3v) is 9.45. The second-order valence-corrected chi connectivity index (χ2v) is 12.1. The predicted molar refractivity (Wildman–Crippen MR) is 191 cm³/mol. The molecule has 6 aromatic carbocycles. The van der Waals surface area contributed by atoms with Gasteiger partial charge in [-0.1, -0.05) is 121 Å². The highest BCUT2D eigenvalue weighted by atomic mass is 15.1. The minimum atomic E-state index is 0.989. The van der Waals surface area contributed by atoms with E-state index >= 15 is 0 Å². The highest BCUT2D eigenvalue weighted by molar-refractivity contribution is 6.21. The van der Waals surface area contributed by atoms with Gasteiger partial charge < -0.3 is 0 Å². The van der Waals surface area contributed by atoms with Gasteiger partial charge in [-0.2, -0.15) is 0 Å². The fraction of sp³-hybridized carbons (Fsp3) is 0.0930. The van der Waals surface area contributed by atoms with E-state index < -0.39 is 0 Å². The Balaban J connectivity index is 1.24. The van der Waals surface area contributed by atoms with Gasteiger partial charge in [0.1, 0.15) is 5.82 Å². The highest BCUT2D eigenvalue weighted by Crippen LogP contribution is 2.44. The van der Waals surface area contributed by atoms with E-state index in [1.54, 1.807) is 0 Å². The maximum Gasteiger partial charge on any atom is 0.144 e. The topological polar surface area (TPSA) is 17.8 Å². The summed E-state index contributed by atoms with van der Waals surface area (Å²) in [4.78, 5) is 5.16. The van der Waals surface area contributed by atoms with Crippen LogP contribution in [0.2, 0.25) is 0 Å². The number of fused-ring (bicyclic) bond motifs is 4. The van der Waals surface area contributed by atoms with E-state index in [-0.39, 0.29) is 0 Å². The van der Waals surface area contributed by atoms with Crippen LogP contribution < -0.4 is 0 Å². The van der Waals surface area contributed by atoms with Crippen molar-refractivity contribution < 1.29 is 0 Å². The molecule has 7 aromatic rings. The first-order chi connectivity index (χ1) is 22.3. The molecule has 2 heteroatoms. The predicted octanol–water partition coefficient (Wildman–Crippen LogP) is 11.4. The van der Waals surface area contributed by atoms with Crippen LogP contribution >= 0.6 is 0 Å². The summed E-state index contributed by atoms with van der Waals surface area (Å²) in [6.45, 7) is 0. The molecule has 0 spiro atoms. The van der Waals surface area contributed by atoms with Crippen LogP contribution in [0.3, 0.4) is 0 Å². The SMILES string of the molecule is C1=CC(c2nc3c(n2-c2ccc(-c4c5ccccc5c(-c5ccc6ccccc6c5)c5ccccc45)cc2)C=CCC3)=CCC1. The minimum absolute atomic E-state index is 0.989. The van der Waals surface area contributed by atoms with Crippen molar-refractivity contribution in [3.05, 3.63) is 157 Å². The van der Waals surface area contributed by atoms with Gasteiger partial charge in [-0.3, -0.25) is 4.57 Å². The van der Waals surface area contributed by atoms with Crippen LogP contribution in [0.5, 0.6) is 0 Å². The van der Waals surface area contributed by atoms with Crippen LogP contribution in [0.25, 0.3) is 71.9 Å². The lowest BCUT2D eigenvalue weighted by atomic mass is 9.85. The molecular formula is C43H32N2. The normalized spacial score (nSPS) is 14.3. The van der Waals surface area contributed by atoms with Gasteiger partial charge in [0.2, 0.25) is 0 Å². The molecule has 0 amide bonds. The van der Waals surface area contributed by atoms with Crippen molar-refractivity contribution in [3.8, 4) is 27.9 Å². The monoisotopic (exact) mass is 576 g/mol. The second-order valence-electron chi connectivity index (χ2n) is 12.1. The maximum absolute atomic E-state index is 5.16. The lowest BCUT2D eigenvalue weighted by Crippen LogP contribution is -2.04. The fourth-order valence-electron chi connectivity index (χ4n) is 7.35. The van der Waals surface area contributed by atoms with Crippen LogP contribution in [-0.2, 0) is 6.42 Å². The summed E-state index contributed by atoms with van der Waals surface area (Å²) >= 11 is 0. The van der Waals surface area contributed by atoms with Crippen LogP contribution in [-0.4, -0.2) is 9.55 Å². The smallest absolute Gasteiger partial charge is 0.144 e. The summed E-state index contributed by atoms with van der Waals surface area (Å²) in [5, 5.41) is 7.62. The van der Waals surface area contributed by atoms with E-state index in [0.717, 1.165) is 37.2 Å². The molecule has 214 valence electrons. The molecule has 0 N–H and O–H groups in total. The molecule has 0 bridgehead atoms. The molecule has 0 fully saturated rings. The van der Waals surface area contributed by atoms with Gasteiger partial charge in [0.15, 0.2) is 0 Å². The molecule has 0 aliphatic heterocycles. The average Bonchev–Trinajstić information content (AvgIpc) is 3.51. The quantitative estimate of drug-likeness (QED) is 0.191. The number of allylic oxidation sites excluding steroid dienone is 5. The maximum atomic E-state index is 5.16. The molecule has 0 saturated heterocycles. The zero-order valence-corrected chi connectivity index (χ0v) is 25.1. The van der Waals surface area contributed by atoms with E-state index in [4.69, 9.17) is 4.98 Å². The van der Waals surface area contributed by atoms with Gasteiger partial charge in [-0.05, 0) is 105 Å². The van der Waals surface area contributed by atoms with E-state index in [1.807, 2.05) is 0 Å². The number of nitrogens with zero attached hydrogens (tertiary/aromatic N) is 2. The molecule has 2 aliphatic rings. The van der Waals surface area contributed by atoms with Crippen molar-refractivity contribution in [2.24, 2.45) is 0 Å². The van der Waals surface area contributed by atoms with Crippen LogP contribution in [0, 0.1) is 0 Å². The fourth-order valence-corrected chi connectivity index (χ4v) is 7.35. The van der Waals surface area contributed by atoms with Crippen molar-refractivity contribution in [1.29, 1.82) is 0 Å². The lowest BCUT2D eigenvalue weighted by Gasteiger charge is -2.19. The Labute approximate surface area is 263 Å². The summed E-state index contributed by atoms with van der Waals surface area (Å²) in [6, 6.07) is 42.4. The molecule has 0 unspecified atom stereocenters. The van der Waals surface area contributed by atoms with Gasteiger partial charge in [0.05, 0.1) is 11.4 Å². The first kappa shape index (κ1) is 26.0. The number of rotatable bonds is 4. The summed E-state index contributed by atoms with van der Waals surface area (Å²) < 4.78 is 2.36. The molecule has 0 radical (unpaired) electrons. The first-order valence-electron chi connectivity index (χ1n) is 16.0. The Morgan fingerprint density at radius 1 is 0.533 bits per heavy atom. The molecule has 1 aromatic heterocycles. The molecule has 0 atom stereocenters. The summed E-state index contributed by atoms with van der Waals surface area (Å²) in [5.74, 6) is 1.05. The van der Waals surface area contributed by atoms with Gasteiger partial charge in [-0.15, -0.1) is 0 Å². The Kier molecular flexibility index (Phi) is 6.12. The molecule has 0 saturated carbocycles. The van der Waals surface area contributed by atoms with Crippen LogP contribution in [0.4, 0.5) is 0 Å². The molecule has 2 aliphatic carbocycles. The Hall–Kier alpha value is -5.47. The Morgan fingerprint density at radius 2 is 1.16 bits per heavy atom. The van der Waals surface area contributed by atoms with Crippen molar-refractivity contribution in [3.63, 3.8) is 0 Å². The molecule has 1 heterocycles. The minimum Gasteiger partial charge on any atom is -0.293 e. The third kappa shape index (κ3) is 4.29. The highest BCUT2D eigenvalue weighted by Gasteiger charge is 2.21. The van der Waals surface area contributed by atoms with Crippen LogP contribution in [0.15, 0.2) is 140 Å². The molecule has 45 heavy (non-hydrogen) atoms. The van der Waals surface area contributed by atoms with E-state index in [2.05, 4.69) is 150 Å². The summed E-state index contributed by atoms with van der Waals surface area (Å²) in [5.41, 5.74) is 9.81. The molecular weight excluding hydrogens is 544 g/mol. The van der Waals surface area contributed by atoms with E-state index in [1.165, 1.54) is 71.5 Å². The van der Waals surface area contributed by atoms with Crippen molar-refractivity contribution >= 4 is 44.0 Å². The number of aromatic nitrogens is 2. The van der Waals surface area contributed by atoms with Crippen molar-refractivity contribution in [2.45, 2.75) is 25.7 Å². The number of aryl methyl sites for hydroxylation is 1. The largest absolute Gasteiger partial charge is 0.293 e. The van der Waals surface area contributed by atoms with Gasteiger partial charge in [0, 0.05) is 11.3 Å². The van der Waals surface area contributed by atoms with Gasteiger partial charge in [-0.25, -0.2) is 4.98 Å². The Bertz CT molecular complexity index is 2310. The average molecular weight is 577 g/mol. The van der Waals surface area contributed by atoms with E-state index in [0.29, 0.717) is 0 Å². The second kappa shape index (κ2) is 10.6. The zero-order chi connectivity index (χ0) is 29.7. The number of hydrogen-bond donors (Lipinski definition) is 0. The zero-order valence-electron chi connectivity index (χ0n) is 25.1. The number of benzene rings is 6. The van der Waals surface area contributed by atoms with Gasteiger partial charge in [0.25, 0.3) is 0 Å². The molecule has 2 nitrogen and oxygen atoms in total. The van der Waals surface area contributed by atoms with Crippen molar-refractivity contribution in [2.75, 3.05) is 0 Å². The standard InChI is InChI=1S/C43H32N2/c1-2-13-31(14-3-1)43-44-39-20-10-11-21-40(39)45(43)34-26-24-30(25-27-34)41-35-16-6-8-18-37(35)42(38-19-9-7-17-36(38)41)33-23-22-29-12-4-5-15-32(29)28-33/h2,4-9,11-19,21-28H,1,3,10,20H2. The van der Waals surface area contributed by atoms with Crippen molar-refractivity contribution in [1.82, 2.24) is 9.55 Å². The number of imidazole rings is 1. The van der Waals surface area contributed by atoms with Gasteiger partial charge >= 0.3 is 0 Å². The first-order valence-corrected chi connectivity index (χ1v) is 16.0. The third-order valence-electron chi connectivity index (χ3n) is 9.45. The lowest BCUT2D eigenvalue weighted by molar-refractivity contribution is 0.936. The molecule has 9 rings (SSSR count). The Morgan fingerprint density at radius 3 is 1.84 bits per heavy atom. The number of hydrogen-bond acceptors (Lipinski definition) is 1. The van der Waals surface area contributed by atoms with E-state index in [9.17, 15) is 0 Å². The van der Waals surface area contributed by atoms with Crippen LogP contribution in [0.1, 0.15) is 36.5 Å².